The first-order valence-electron chi connectivity index (χ1n) is 12.6. The lowest BCUT2D eigenvalue weighted by Gasteiger charge is -2.20. The minimum Gasteiger partial charge on any atom is -0.339 e. The number of likely N-dealkylation sites (tertiary alicyclic amines) is 1. The summed E-state index contributed by atoms with van der Waals surface area (Å²) in [6.45, 7) is 7.08. The van der Waals surface area contributed by atoms with Gasteiger partial charge in [0.1, 0.15) is 5.65 Å². The van der Waals surface area contributed by atoms with Gasteiger partial charge < -0.3 is 15.2 Å². The number of fused-ring (bicyclic) bond motifs is 1. The molecule has 0 atom stereocenters. The molecule has 0 unspecified atom stereocenters. The summed E-state index contributed by atoms with van der Waals surface area (Å²) >= 11 is 6.69. The number of hydrogen-bond donors (Lipinski definition) is 2. The molecule has 1 fully saturated rings. The Labute approximate surface area is 221 Å². The third-order valence-electron chi connectivity index (χ3n) is 6.90. The highest BCUT2D eigenvalue weighted by Crippen LogP contribution is 2.42. The molecule has 1 aliphatic heterocycles. The number of hydrogen-bond acceptors (Lipinski definition) is 3. The lowest BCUT2D eigenvalue weighted by atomic mass is 9.96. The van der Waals surface area contributed by atoms with Crippen LogP contribution in [0.1, 0.15) is 41.6 Å². The molecule has 2 aromatic carbocycles. The number of aromatic nitrogens is 2. The van der Waals surface area contributed by atoms with Crippen LogP contribution in [-0.2, 0) is 4.79 Å². The van der Waals surface area contributed by atoms with Crippen molar-refractivity contribution in [3.8, 4) is 22.4 Å². The summed E-state index contributed by atoms with van der Waals surface area (Å²) < 4.78 is 0. The van der Waals surface area contributed by atoms with Gasteiger partial charge in [0.2, 0.25) is 5.91 Å². The summed E-state index contributed by atoms with van der Waals surface area (Å²) in [6, 6.07) is 15.4. The van der Waals surface area contributed by atoms with Crippen LogP contribution in [0.5, 0.6) is 0 Å². The summed E-state index contributed by atoms with van der Waals surface area (Å²) in [5.41, 5.74) is 6.33. The normalized spacial score (nSPS) is 13.8. The number of anilines is 1. The van der Waals surface area contributed by atoms with E-state index in [0.717, 1.165) is 59.3 Å². The van der Waals surface area contributed by atoms with Crippen molar-refractivity contribution < 1.29 is 9.59 Å². The SMILES string of the molecule is C=CC(=O)Nc1cc(-c2c(-c3cccc(C(=O)N4CCCCCC4)c3)[nH]c3nccc(Cl)c23)ccc1C. The van der Waals surface area contributed by atoms with Gasteiger partial charge in [-0.3, -0.25) is 9.59 Å². The molecule has 1 aliphatic rings. The van der Waals surface area contributed by atoms with Gasteiger partial charge in [0.05, 0.1) is 10.7 Å². The fourth-order valence-electron chi connectivity index (χ4n) is 4.94. The van der Waals surface area contributed by atoms with E-state index in [2.05, 4.69) is 21.9 Å². The zero-order chi connectivity index (χ0) is 25.9. The predicted octanol–water partition coefficient (Wildman–Crippen LogP) is 7.00. The van der Waals surface area contributed by atoms with Gasteiger partial charge in [-0.1, -0.05) is 55.3 Å². The predicted molar refractivity (Wildman–Crippen MR) is 150 cm³/mol. The van der Waals surface area contributed by atoms with Crippen molar-refractivity contribution in [3.63, 3.8) is 0 Å². The van der Waals surface area contributed by atoms with Crippen LogP contribution in [-0.4, -0.2) is 39.8 Å². The number of rotatable bonds is 5. The average molecular weight is 513 g/mol. The third kappa shape index (κ3) is 5.02. The third-order valence-corrected chi connectivity index (χ3v) is 7.22. The number of nitrogens with one attached hydrogen (secondary N) is 2. The van der Waals surface area contributed by atoms with Gasteiger partial charge in [-0.15, -0.1) is 0 Å². The number of H-pyrrole nitrogens is 1. The summed E-state index contributed by atoms with van der Waals surface area (Å²) in [5, 5.41) is 4.24. The van der Waals surface area contributed by atoms with Gasteiger partial charge >= 0.3 is 0 Å². The summed E-state index contributed by atoms with van der Waals surface area (Å²) in [6.07, 6.45) is 7.33. The van der Waals surface area contributed by atoms with E-state index in [1.54, 1.807) is 12.3 Å². The molecule has 2 N–H and O–H groups in total. The van der Waals surface area contributed by atoms with Gasteiger partial charge in [-0.2, -0.15) is 0 Å². The highest BCUT2D eigenvalue weighted by molar-refractivity contribution is 6.36. The number of pyridine rings is 1. The zero-order valence-corrected chi connectivity index (χ0v) is 21.6. The van der Waals surface area contributed by atoms with Crippen molar-refractivity contribution >= 4 is 40.1 Å². The molecule has 3 heterocycles. The standard InChI is InChI=1S/C30H29ClN4O2/c1-3-25(36)33-24-18-20(12-11-19(24)2)26-27-23(31)13-14-32-29(27)34-28(26)21-9-8-10-22(17-21)30(37)35-15-6-4-5-7-16-35/h3,8-14,17-18H,1,4-7,15-16H2,2H3,(H,32,34)(H,33,36). The molecular formula is C30H29ClN4O2. The van der Waals surface area contributed by atoms with Crippen molar-refractivity contribution in [2.75, 3.05) is 18.4 Å². The molecule has 37 heavy (non-hydrogen) atoms. The molecular weight excluding hydrogens is 484 g/mol. The number of halogens is 1. The Bertz CT molecular complexity index is 1500. The van der Waals surface area contributed by atoms with Crippen LogP contribution in [0.3, 0.4) is 0 Å². The minimum atomic E-state index is -0.279. The Hall–Kier alpha value is -3.90. The van der Waals surface area contributed by atoms with Crippen LogP contribution in [0.2, 0.25) is 5.02 Å². The van der Waals surface area contributed by atoms with Crippen LogP contribution in [0.25, 0.3) is 33.4 Å². The Morgan fingerprint density at radius 1 is 1.05 bits per heavy atom. The molecule has 2 amide bonds. The van der Waals surface area contributed by atoms with Gasteiger partial charge in [-0.25, -0.2) is 4.98 Å². The minimum absolute atomic E-state index is 0.0577. The van der Waals surface area contributed by atoms with Crippen LogP contribution < -0.4 is 5.32 Å². The maximum atomic E-state index is 13.4. The van der Waals surface area contributed by atoms with Gasteiger partial charge in [0, 0.05) is 41.5 Å². The van der Waals surface area contributed by atoms with E-state index in [9.17, 15) is 9.59 Å². The molecule has 4 aromatic rings. The zero-order valence-electron chi connectivity index (χ0n) is 20.8. The molecule has 0 radical (unpaired) electrons. The molecule has 0 aliphatic carbocycles. The summed E-state index contributed by atoms with van der Waals surface area (Å²) in [5.74, 6) is -0.221. The number of benzene rings is 2. The molecule has 7 heteroatoms. The second-order valence-electron chi connectivity index (χ2n) is 9.40. The van der Waals surface area contributed by atoms with Crippen molar-refractivity contribution in [1.29, 1.82) is 0 Å². The van der Waals surface area contributed by atoms with Crippen LogP contribution in [0.15, 0.2) is 67.4 Å². The van der Waals surface area contributed by atoms with Crippen molar-refractivity contribution in [2.24, 2.45) is 0 Å². The van der Waals surface area contributed by atoms with Gasteiger partial charge in [0.15, 0.2) is 0 Å². The van der Waals surface area contributed by atoms with Gasteiger partial charge in [-0.05, 0) is 66.8 Å². The van der Waals surface area contributed by atoms with Crippen molar-refractivity contribution in [3.05, 3.63) is 83.5 Å². The summed E-state index contributed by atoms with van der Waals surface area (Å²) in [7, 11) is 0. The monoisotopic (exact) mass is 512 g/mol. The van der Waals surface area contributed by atoms with Crippen LogP contribution in [0.4, 0.5) is 5.69 Å². The van der Waals surface area contributed by atoms with Crippen LogP contribution in [0, 0.1) is 6.92 Å². The maximum Gasteiger partial charge on any atom is 0.253 e. The van der Waals surface area contributed by atoms with E-state index in [1.165, 1.54) is 18.9 Å². The van der Waals surface area contributed by atoms with E-state index in [0.29, 0.717) is 21.9 Å². The number of nitrogens with zero attached hydrogens (tertiary/aromatic N) is 2. The number of aromatic amines is 1. The Balaban J connectivity index is 1.64. The van der Waals surface area contributed by atoms with Gasteiger partial charge in [0.25, 0.3) is 5.91 Å². The fraction of sp³-hybridized carbons (Fsp3) is 0.233. The molecule has 2 aromatic heterocycles. The Morgan fingerprint density at radius 3 is 2.59 bits per heavy atom. The maximum absolute atomic E-state index is 13.4. The highest BCUT2D eigenvalue weighted by atomic mass is 35.5. The first kappa shape index (κ1) is 24.8. The molecule has 5 rings (SSSR count). The number of amides is 2. The van der Waals surface area contributed by atoms with E-state index >= 15 is 0 Å². The molecule has 1 saturated heterocycles. The molecule has 188 valence electrons. The second kappa shape index (κ2) is 10.6. The smallest absolute Gasteiger partial charge is 0.253 e. The van der Waals surface area contributed by atoms with E-state index in [4.69, 9.17) is 11.6 Å². The largest absolute Gasteiger partial charge is 0.339 e. The van der Waals surface area contributed by atoms with E-state index < -0.39 is 0 Å². The second-order valence-corrected chi connectivity index (χ2v) is 9.81. The average Bonchev–Trinajstić information content (AvgIpc) is 3.10. The Morgan fingerprint density at radius 2 is 1.84 bits per heavy atom. The lowest BCUT2D eigenvalue weighted by Crippen LogP contribution is -2.31. The first-order chi connectivity index (χ1) is 18.0. The molecule has 0 spiro atoms. The Kier molecular flexibility index (Phi) is 7.10. The van der Waals surface area contributed by atoms with Crippen LogP contribution >= 0.6 is 11.6 Å². The molecule has 0 bridgehead atoms. The fourth-order valence-corrected chi connectivity index (χ4v) is 5.18. The molecule has 0 saturated carbocycles. The topological polar surface area (TPSA) is 78.1 Å². The van der Waals surface area contributed by atoms with E-state index in [1.807, 2.05) is 54.3 Å². The number of carbonyl (C=O) groups is 2. The lowest BCUT2D eigenvalue weighted by molar-refractivity contribution is -0.111. The van der Waals surface area contributed by atoms with Crippen molar-refractivity contribution in [2.45, 2.75) is 32.6 Å². The van der Waals surface area contributed by atoms with E-state index in [-0.39, 0.29) is 11.8 Å². The summed E-state index contributed by atoms with van der Waals surface area (Å²) in [4.78, 5) is 35.3. The number of aryl methyl sites for hydroxylation is 1. The molecule has 6 nitrogen and oxygen atoms in total. The van der Waals surface area contributed by atoms with Crippen molar-refractivity contribution in [1.82, 2.24) is 14.9 Å². The first-order valence-corrected chi connectivity index (χ1v) is 12.9. The number of carbonyl (C=O) groups excluding carboxylic acids is 2. The highest BCUT2D eigenvalue weighted by Gasteiger charge is 2.22. The quantitative estimate of drug-likeness (QED) is 0.282.